The van der Waals surface area contributed by atoms with Crippen LogP contribution in [0.15, 0.2) is 47.8 Å². The molecule has 2 aromatic carbocycles. The minimum absolute atomic E-state index is 0.113. The second kappa shape index (κ2) is 9.11. The van der Waals surface area contributed by atoms with Gasteiger partial charge < -0.3 is 15.4 Å². The summed E-state index contributed by atoms with van der Waals surface area (Å²) in [4.78, 5) is 25.0. The predicted octanol–water partition coefficient (Wildman–Crippen LogP) is 5.60. The fraction of sp³-hybridized carbons (Fsp3) is 0.182. The number of aryl methyl sites for hydroxylation is 3. The van der Waals surface area contributed by atoms with Crippen molar-refractivity contribution in [3.05, 3.63) is 74.4 Å². The van der Waals surface area contributed by atoms with E-state index in [0.717, 1.165) is 11.1 Å². The summed E-state index contributed by atoms with van der Waals surface area (Å²) >= 11 is 7.60. The lowest BCUT2D eigenvalue weighted by Crippen LogP contribution is -2.20. The van der Waals surface area contributed by atoms with Gasteiger partial charge >= 0.3 is 0 Å². The third-order valence-corrected chi connectivity index (χ3v) is 5.58. The van der Waals surface area contributed by atoms with Crippen molar-refractivity contribution in [2.24, 2.45) is 0 Å². The number of thiophene rings is 1. The molecule has 0 saturated carbocycles. The van der Waals surface area contributed by atoms with Crippen molar-refractivity contribution in [1.29, 1.82) is 0 Å². The number of nitrogens with one attached hydrogen (secondary N) is 2. The summed E-state index contributed by atoms with van der Waals surface area (Å²) < 4.78 is 5.65. The fourth-order valence-electron chi connectivity index (χ4n) is 2.72. The zero-order chi connectivity index (χ0) is 21.0. The number of anilines is 2. The van der Waals surface area contributed by atoms with E-state index in [-0.39, 0.29) is 18.4 Å². The van der Waals surface area contributed by atoms with Gasteiger partial charge in [-0.05, 0) is 73.2 Å². The number of rotatable bonds is 6. The van der Waals surface area contributed by atoms with Crippen LogP contribution >= 0.6 is 22.9 Å². The van der Waals surface area contributed by atoms with E-state index in [0.29, 0.717) is 27.0 Å². The topological polar surface area (TPSA) is 67.4 Å². The van der Waals surface area contributed by atoms with Crippen LogP contribution in [0, 0.1) is 20.8 Å². The van der Waals surface area contributed by atoms with Crippen LogP contribution in [0.4, 0.5) is 11.4 Å². The third-order valence-electron chi connectivity index (χ3n) is 4.40. The second-order valence-corrected chi connectivity index (χ2v) is 8.02. The van der Waals surface area contributed by atoms with Gasteiger partial charge in [-0.3, -0.25) is 9.59 Å². The number of ether oxygens (including phenoxy) is 1. The summed E-state index contributed by atoms with van der Waals surface area (Å²) in [6.07, 6.45) is 0. The standard InChI is InChI=1S/C22H21ClN2O3S/c1-13-9-15(3)19(10-14(13)2)28-12-21(26)24-16-6-7-18(17(23)11-16)25-22(27)20-5-4-8-29-20/h4-11H,12H2,1-3H3,(H,24,26)(H,25,27). The summed E-state index contributed by atoms with van der Waals surface area (Å²) in [5.41, 5.74) is 4.27. The number of carbonyl (C=O) groups is 2. The molecule has 29 heavy (non-hydrogen) atoms. The molecule has 0 bridgehead atoms. The molecule has 3 aromatic rings. The molecule has 0 unspecified atom stereocenters. The van der Waals surface area contributed by atoms with Crippen molar-refractivity contribution >= 4 is 46.1 Å². The largest absolute Gasteiger partial charge is 0.483 e. The normalized spacial score (nSPS) is 10.5. The van der Waals surface area contributed by atoms with E-state index in [2.05, 4.69) is 10.6 Å². The molecule has 1 heterocycles. The molecule has 7 heteroatoms. The maximum absolute atomic E-state index is 12.2. The van der Waals surface area contributed by atoms with Gasteiger partial charge in [0, 0.05) is 5.69 Å². The van der Waals surface area contributed by atoms with Crippen molar-refractivity contribution in [2.75, 3.05) is 17.2 Å². The van der Waals surface area contributed by atoms with Gasteiger partial charge in [0.1, 0.15) is 5.75 Å². The molecular formula is C22H21ClN2O3S. The fourth-order valence-corrected chi connectivity index (χ4v) is 3.56. The van der Waals surface area contributed by atoms with Crippen LogP contribution in [0.1, 0.15) is 26.4 Å². The van der Waals surface area contributed by atoms with Crippen LogP contribution in [-0.2, 0) is 4.79 Å². The van der Waals surface area contributed by atoms with Gasteiger partial charge in [-0.1, -0.05) is 23.7 Å². The number of hydrogen-bond donors (Lipinski definition) is 2. The maximum Gasteiger partial charge on any atom is 0.265 e. The first-order valence-corrected chi connectivity index (χ1v) is 10.2. The molecule has 0 atom stereocenters. The third kappa shape index (κ3) is 5.37. The van der Waals surface area contributed by atoms with E-state index in [1.165, 1.54) is 16.9 Å². The monoisotopic (exact) mass is 428 g/mol. The number of halogens is 1. The number of amides is 2. The van der Waals surface area contributed by atoms with E-state index in [1.54, 1.807) is 30.3 Å². The average molecular weight is 429 g/mol. The molecule has 1 aromatic heterocycles. The molecule has 150 valence electrons. The Hall–Kier alpha value is -2.83. The summed E-state index contributed by atoms with van der Waals surface area (Å²) in [7, 11) is 0. The van der Waals surface area contributed by atoms with Crippen molar-refractivity contribution in [2.45, 2.75) is 20.8 Å². The summed E-state index contributed by atoms with van der Waals surface area (Å²) in [5.74, 6) is 0.165. The first-order valence-electron chi connectivity index (χ1n) is 8.98. The Bertz CT molecular complexity index is 1050. The molecule has 3 rings (SSSR count). The van der Waals surface area contributed by atoms with Crippen LogP contribution < -0.4 is 15.4 Å². The van der Waals surface area contributed by atoms with Gasteiger partial charge in [0.25, 0.3) is 11.8 Å². The molecular weight excluding hydrogens is 408 g/mol. The molecule has 0 radical (unpaired) electrons. The molecule has 0 aliphatic carbocycles. The van der Waals surface area contributed by atoms with E-state index in [9.17, 15) is 9.59 Å². The highest BCUT2D eigenvalue weighted by molar-refractivity contribution is 7.12. The van der Waals surface area contributed by atoms with Gasteiger partial charge in [0.2, 0.25) is 0 Å². The second-order valence-electron chi connectivity index (χ2n) is 6.66. The van der Waals surface area contributed by atoms with Crippen LogP contribution in [-0.4, -0.2) is 18.4 Å². The zero-order valence-corrected chi connectivity index (χ0v) is 17.9. The van der Waals surface area contributed by atoms with Gasteiger partial charge in [-0.2, -0.15) is 0 Å². The first-order chi connectivity index (χ1) is 13.8. The van der Waals surface area contributed by atoms with E-state index < -0.39 is 0 Å². The Morgan fingerprint density at radius 3 is 2.45 bits per heavy atom. The zero-order valence-electron chi connectivity index (χ0n) is 16.3. The molecule has 0 saturated heterocycles. The smallest absolute Gasteiger partial charge is 0.265 e. The van der Waals surface area contributed by atoms with Crippen LogP contribution in [0.3, 0.4) is 0 Å². The quantitative estimate of drug-likeness (QED) is 0.537. The van der Waals surface area contributed by atoms with Gasteiger partial charge in [-0.15, -0.1) is 11.3 Å². The van der Waals surface area contributed by atoms with Gasteiger partial charge in [0.05, 0.1) is 15.6 Å². The van der Waals surface area contributed by atoms with Crippen molar-refractivity contribution in [3.63, 3.8) is 0 Å². The minimum Gasteiger partial charge on any atom is -0.483 e. The predicted molar refractivity (Wildman–Crippen MR) is 119 cm³/mol. The lowest BCUT2D eigenvalue weighted by Gasteiger charge is -2.13. The minimum atomic E-state index is -0.297. The Balaban J connectivity index is 1.59. The van der Waals surface area contributed by atoms with Crippen molar-refractivity contribution in [1.82, 2.24) is 0 Å². The van der Waals surface area contributed by atoms with E-state index in [1.807, 2.05) is 38.3 Å². The molecule has 0 aliphatic rings. The van der Waals surface area contributed by atoms with Gasteiger partial charge in [-0.25, -0.2) is 0 Å². The number of carbonyl (C=O) groups excluding carboxylic acids is 2. The molecule has 0 fully saturated rings. The highest BCUT2D eigenvalue weighted by Crippen LogP contribution is 2.27. The maximum atomic E-state index is 12.2. The van der Waals surface area contributed by atoms with Gasteiger partial charge in [0.15, 0.2) is 6.61 Å². The molecule has 2 N–H and O–H groups in total. The van der Waals surface area contributed by atoms with Crippen molar-refractivity contribution in [3.8, 4) is 5.75 Å². The highest BCUT2D eigenvalue weighted by atomic mass is 35.5. The summed E-state index contributed by atoms with van der Waals surface area (Å²) in [6.45, 7) is 5.87. The molecule has 0 spiro atoms. The van der Waals surface area contributed by atoms with Crippen LogP contribution in [0.25, 0.3) is 0 Å². The number of hydrogen-bond acceptors (Lipinski definition) is 4. The Morgan fingerprint density at radius 2 is 1.76 bits per heavy atom. The Kier molecular flexibility index (Phi) is 6.56. The lowest BCUT2D eigenvalue weighted by molar-refractivity contribution is -0.118. The lowest BCUT2D eigenvalue weighted by atomic mass is 10.1. The van der Waals surface area contributed by atoms with Crippen molar-refractivity contribution < 1.29 is 14.3 Å². The number of benzene rings is 2. The van der Waals surface area contributed by atoms with E-state index >= 15 is 0 Å². The first kappa shape index (κ1) is 20.9. The summed E-state index contributed by atoms with van der Waals surface area (Å²) in [6, 6.07) is 12.4. The Morgan fingerprint density at radius 1 is 1.00 bits per heavy atom. The molecule has 5 nitrogen and oxygen atoms in total. The molecule has 2 amide bonds. The Labute approximate surface area is 178 Å². The summed E-state index contributed by atoms with van der Waals surface area (Å²) in [5, 5.41) is 7.67. The van der Waals surface area contributed by atoms with E-state index in [4.69, 9.17) is 16.3 Å². The van der Waals surface area contributed by atoms with Crippen LogP contribution in [0.5, 0.6) is 5.75 Å². The van der Waals surface area contributed by atoms with Crippen LogP contribution in [0.2, 0.25) is 5.02 Å². The molecule has 0 aliphatic heterocycles. The highest BCUT2D eigenvalue weighted by Gasteiger charge is 2.11. The average Bonchev–Trinajstić information content (AvgIpc) is 3.21. The SMILES string of the molecule is Cc1cc(C)c(OCC(=O)Nc2ccc(NC(=O)c3cccs3)c(Cl)c2)cc1C.